The van der Waals surface area contributed by atoms with Gasteiger partial charge in [-0.1, -0.05) is 23.7 Å². The zero-order valence-corrected chi connectivity index (χ0v) is 11.5. The molecular formula is C15H16ClNO2. The van der Waals surface area contributed by atoms with Crippen LogP contribution in [0.25, 0.3) is 0 Å². The molecule has 0 aliphatic rings. The Hall–Kier alpha value is -1.71. The minimum atomic E-state index is 0.563. The van der Waals surface area contributed by atoms with Gasteiger partial charge in [-0.3, -0.25) is 0 Å². The van der Waals surface area contributed by atoms with Gasteiger partial charge in [-0.2, -0.15) is 0 Å². The van der Waals surface area contributed by atoms with E-state index in [4.69, 9.17) is 26.8 Å². The average molecular weight is 278 g/mol. The Labute approximate surface area is 117 Å². The van der Waals surface area contributed by atoms with Crippen LogP contribution in [0.15, 0.2) is 42.5 Å². The molecule has 0 heterocycles. The maximum atomic E-state index is 5.92. The van der Waals surface area contributed by atoms with Crippen molar-refractivity contribution in [2.75, 3.05) is 19.5 Å². The number of halogens is 1. The molecule has 4 heteroatoms. The van der Waals surface area contributed by atoms with Gasteiger partial charge in [0.1, 0.15) is 5.75 Å². The van der Waals surface area contributed by atoms with Gasteiger partial charge in [-0.05, 0) is 36.2 Å². The molecule has 2 aromatic rings. The van der Waals surface area contributed by atoms with E-state index in [-0.39, 0.29) is 0 Å². The molecule has 0 aliphatic carbocycles. The quantitative estimate of drug-likeness (QED) is 0.843. The molecule has 100 valence electrons. The summed E-state index contributed by atoms with van der Waals surface area (Å²) >= 11 is 5.92. The minimum Gasteiger partial charge on any atom is -0.455 e. The van der Waals surface area contributed by atoms with Crippen molar-refractivity contribution in [3.8, 4) is 11.5 Å². The maximum absolute atomic E-state index is 5.92. The first-order chi connectivity index (χ1) is 9.19. The molecule has 0 aliphatic heterocycles. The van der Waals surface area contributed by atoms with Crippen molar-refractivity contribution >= 4 is 17.3 Å². The van der Waals surface area contributed by atoms with Gasteiger partial charge < -0.3 is 15.2 Å². The monoisotopic (exact) mass is 277 g/mol. The van der Waals surface area contributed by atoms with E-state index in [1.807, 2.05) is 24.3 Å². The Morgan fingerprint density at radius 3 is 2.53 bits per heavy atom. The number of hydrogen-bond donors (Lipinski definition) is 1. The highest BCUT2D eigenvalue weighted by atomic mass is 35.5. The number of anilines is 1. The van der Waals surface area contributed by atoms with Crippen LogP contribution in [0.3, 0.4) is 0 Å². The molecule has 3 nitrogen and oxygen atoms in total. The summed E-state index contributed by atoms with van der Waals surface area (Å²) in [5, 5.41) is 0.598. The second-order valence-electron chi connectivity index (χ2n) is 4.17. The fourth-order valence-electron chi connectivity index (χ4n) is 1.67. The van der Waals surface area contributed by atoms with E-state index in [0.717, 1.165) is 12.2 Å². The lowest BCUT2D eigenvalue weighted by molar-refractivity contribution is 0.202. The molecule has 0 aromatic heterocycles. The van der Waals surface area contributed by atoms with Crippen molar-refractivity contribution in [3.63, 3.8) is 0 Å². The van der Waals surface area contributed by atoms with Crippen LogP contribution in [-0.4, -0.2) is 13.7 Å². The lowest BCUT2D eigenvalue weighted by Gasteiger charge is -2.09. The van der Waals surface area contributed by atoms with Crippen LogP contribution in [0.5, 0.6) is 11.5 Å². The third kappa shape index (κ3) is 3.88. The van der Waals surface area contributed by atoms with E-state index in [1.165, 1.54) is 5.56 Å². The zero-order chi connectivity index (χ0) is 13.7. The van der Waals surface area contributed by atoms with Crippen molar-refractivity contribution in [2.24, 2.45) is 0 Å². The van der Waals surface area contributed by atoms with E-state index in [2.05, 4.69) is 0 Å². The van der Waals surface area contributed by atoms with Crippen molar-refractivity contribution < 1.29 is 9.47 Å². The predicted octanol–water partition coefficient (Wildman–Crippen LogP) is 3.90. The highest BCUT2D eigenvalue weighted by Crippen LogP contribution is 2.30. The van der Waals surface area contributed by atoms with Gasteiger partial charge in [0.2, 0.25) is 0 Å². The second kappa shape index (κ2) is 6.45. The summed E-state index contributed by atoms with van der Waals surface area (Å²) in [6.45, 7) is 0.710. The summed E-state index contributed by atoms with van der Waals surface area (Å²) in [5.74, 6) is 1.30. The molecule has 0 spiro atoms. The molecule has 0 unspecified atom stereocenters. The fourth-order valence-corrected chi connectivity index (χ4v) is 1.83. The predicted molar refractivity (Wildman–Crippen MR) is 78.0 cm³/mol. The van der Waals surface area contributed by atoms with Crippen LogP contribution < -0.4 is 10.5 Å². The second-order valence-corrected chi connectivity index (χ2v) is 4.61. The molecule has 0 atom stereocenters. The van der Waals surface area contributed by atoms with Gasteiger partial charge in [0.25, 0.3) is 0 Å². The molecule has 0 radical (unpaired) electrons. The SMILES string of the molecule is COCCc1ccc(Oc2cc(Cl)ccc2N)cc1. The van der Waals surface area contributed by atoms with Crippen LogP contribution in [0, 0.1) is 0 Å². The van der Waals surface area contributed by atoms with Crippen molar-refractivity contribution in [2.45, 2.75) is 6.42 Å². The highest BCUT2D eigenvalue weighted by Gasteiger charge is 2.03. The molecule has 0 fully saturated rings. The third-order valence-corrected chi connectivity index (χ3v) is 2.96. The number of rotatable bonds is 5. The van der Waals surface area contributed by atoms with Crippen LogP contribution in [0.4, 0.5) is 5.69 Å². The number of nitrogens with two attached hydrogens (primary N) is 1. The molecule has 0 saturated carbocycles. The molecule has 0 saturated heterocycles. The van der Waals surface area contributed by atoms with Crippen molar-refractivity contribution in [1.29, 1.82) is 0 Å². The van der Waals surface area contributed by atoms with Crippen LogP contribution in [0.2, 0.25) is 5.02 Å². The Morgan fingerprint density at radius 2 is 1.84 bits per heavy atom. The van der Waals surface area contributed by atoms with E-state index in [0.29, 0.717) is 23.1 Å². The standard InChI is InChI=1S/C15H16ClNO2/c1-18-9-8-11-2-5-13(6-3-11)19-15-10-12(16)4-7-14(15)17/h2-7,10H,8-9,17H2,1H3. The lowest BCUT2D eigenvalue weighted by atomic mass is 10.1. The van der Waals surface area contributed by atoms with Crippen LogP contribution in [-0.2, 0) is 11.2 Å². The van der Waals surface area contributed by atoms with Gasteiger partial charge >= 0.3 is 0 Å². The first kappa shape index (κ1) is 13.7. The summed E-state index contributed by atoms with van der Waals surface area (Å²) in [5.41, 5.74) is 7.60. The van der Waals surface area contributed by atoms with Crippen molar-refractivity contribution in [1.82, 2.24) is 0 Å². The molecule has 2 N–H and O–H groups in total. The van der Waals surface area contributed by atoms with Gasteiger partial charge in [-0.15, -0.1) is 0 Å². The minimum absolute atomic E-state index is 0.563. The number of methoxy groups -OCH3 is 1. The van der Waals surface area contributed by atoms with Gasteiger partial charge in [0.05, 0.1) is 12.3 Å². The largest absolute Gasteiger partial charge is 0.455 e. The molecular weight excluding hydrogens is 262 g/mol. The van der Waals surface area contributed by atoms with Gasteiger partial charge in [0.15, 0.2) is 5.75 Å². The summed E-state index contributed by atoms with van der Waals surface area (Å²) in [7, 11) is 1.69. The van der Waals surface area contributed by atoms with E-state index < -0.39 is 0 Å². The van der Waals surface area contributed by atoms with Gasteiger partial charge in [-0.25, -0.2) is 0 Å². The Balaban J connectivity index is 2.08. The first-order valence-electron chi connectivity index (χ1n) is 6.00. The summed E-state index contributed by atoms with van der Waals surface area (Å²) in [6, 6.07) is 13.0. The number of nitrogen functional groups attached to an aromatic ring is 1. The topological polar surface area (TPSA) is 44.5 Å². The smallest absolute Gasteiger partial charge is 0.151 e. The Bertz CT molecular complexity index is 540. The maximum Gasteiger partial charge on any atom is 0.151 e. The first-order valence-corrected chi connectivity index (χ1v) is 6.37. The number of hydrogen-bond acceptors (Lipinski definition) is 3. The summed E-state index contributed by atoms with van der Waals surface area (Å²) in [4.78, 5) is 0. The van der Waals surface area contributed by atoms with E-state index in [9.17, 15) is 0 Å². The molecule has 0 amide bonds. The lowest BCUT2D eigenvalue weighted by Crippen LogP contribution is -1.95. The highest BCUT2D eigenvalue weighted by molar-refractivity contribution is 6.30. The Morgan fingerprint density at radius 1 is 1.11 bits per heavy atom. The fraction of sp³-hybridized carbons (Fsp3) is 0.200. The van der Waals surface area contributed by atoms with E-state index in [1.54, 1.807) is 25.3 Å². The van der Waals surface area contributed by atoms with Gasteiger partial charge in [0, 0.05) is 18.2 Å². The normalized spacial score (nSPS) is 10.4. The summed E-state index contributed by atoms with van der Waals surface area (Å²) in [6.07, 6.45) is 0.885. The number of ether oxygens (including phenoxy) is 2. The number of benzene rings is 2. The average Bonchev–Trinajstić information content (AvgIpc) is 2.42. The third-order valence-electron chi connectivity index (χ3n) is 2.72. The van der Waals surface area contributed by atoms with E-state index >= 15 is 0 Å². The molecule has 2 aromatic carbocycles. The molecule has 19 heavy (non-hydrogen) atoms. The Kier molecular flexibility index (Phi) is 4.66. The molecule has 0 bridgehead atoms. The molecule has 2 rings (SSSR count). The van der Waals surface area contributed by atoms with Crippen LogP contribution in [0.1, 0.15) is 5.56 Å². The summed E-state index contributed by atoms with van der Waals surface area (Å²) < 4.78 is 10.7. The van der Waals surface area contributed by atoms with Crippen LogP contribution >= 0.6 is 11.6 Å². The zero-order valence-electron chi connectivity index (χ0n) is 10.7. The van der Waals surface area contributed by atoms with Crippen molar-refractivity contribution in [3.05, 3.63) is 53.1 Å².